The highest BCUT2D eigenvalue weighted by Crippen LogP contribution is 2.25. The summed E-state index contributed by atoms with van der Waals surface area (Å²) in [6, 6.07) is 0. The van der Waals surface area contributed by atoms with E-state index in [9.17, 15) is 4.79 Å². The van der Waals surface area contributed by atoms with Crippen molar-refractivity contribution in [1.82, 2.24) is 0 Å². The normalized spacial score (nSPS) is 31.8. The SMILES string of the molecule is CCC1(C)OC=C(O)C1=O. The van der Waals surface area contributed by atoms with Gasteiger partial charge in [-0.1, -0.05) is 6.92 Å². The Kier molecular flexibility index (Phi) is 1.43. The monoisotopic (exact) mass is 142 g/mol. The molecule has 1 aliphatic heterocycles. The Hall–Kier alpha value is -0.990. The van der Waals surface area contributed by atoms with E-state index in [0.29, 0.717) is 6.42 Å². The highest BCUT2D eigenvalue weighted by atomic mass is 16.5. The lowest BCUT2D eigenvalue weighted by Gasteiger charge is -2.18. The number of rotatable bonds is 1. The molecule has 3 nitrogen and oxygen atoms in total. The fraction of sp³-hybridized carbons (Fsp3) is 0.571. The van der Waals surface area contributed by atoms with Gasteiger partial charge in [0.25, 0.3) is 0 Å². The molecule has 10 heavy (non-hydrogen) atoms. The molecule has 1 aliphatic rings. The molecule has 1 unspecified atom stereocenters. The zero-order valence-electron chi connectivity index (χ0n) is 6.05. The fourth-order valence-corrected chi connectivity index (χ4v) is 0.808. The van der Waals surface area contributed by atoms with Crippen LogP contribution < -0.4 is 0 Å². The van der Waals surface area contributed by atoms with Crippen LogP contribution in [0.4, 0.5) is 0 Å². The molecular formula is C7H10O3. The number of aliphatic hydroxyl groups excluding tert-OH is 1. The second kappa shape index (κ2) is 2.01. The molecule has 0 saturated heterocycles. The molecule has 0 radical (unpaired) electrons. The third-order valence-corrected chi connectivity index (χ3v) is 1.82. The van der Waals surface area contributed by atoms with E-state index in [1.165, 1.54) is 0 Å². The fourth-order valence-electron chi connectivity index (χ4n) is 0.808. The predicted octanol–water partition coefficient (Wildman–Crippen LogP) is 1.15. The Morgan fingerprint density at radius 1 is 1.80 bits per heavy atom. The Morgan fingerprint density at radius 2 is 2.40 bits per heavy atom. The van der Waals surface area contributed by atoms with Gasteiger partial charge in [-0.05, 0) is 13.3 Å². The summed E-state index contributed by atoms with van der Waals surface area (Å²) in [5.41, 5.74) is -0.815. The van der Waals surface area contributed by atoms with Gasteiger partial charge >= 0.3 is 0 Å². The van der Waals surface area contributed by atoms with Crippen LogP contribution >= 0.6 is 0 Å². The molecule has 1 N–H and O–H groups in total. The van der Waals surface area contributed by atoms with Crippen LogP contribution in [-0.4, -0.2) is 16.5 Å². The number of ether oxygens (including phenoxy) is 1. The lowest BCUT2D eigenvalue weighted by Crippen LogP contribution is -2.32. The minimum Gasteiger partial charge on any atom is -0.502 e. The molecule has 0 bridgehead atoms. The van der Waals surface area contributed by atoms with E-state index < -0.39 is 5.60 Å². The van der Waals surface area contributed by atoms with E-state index in [2.05, 4.69) is 0 Å². The van der Waals surface area contributed by atoms with Gasteiger partial charge < -0.3 is 9.84 Å². The first kappa shape index (κ1) is 7.12. The molecule has 0 saturated carbocycles. The summed E-state index contributed by atoms with van der Waals surface area (Å²) in [5, 5.41) is 8.85. The van der Waals surface area contributed by atoms with E-state index in [-0.39, 0.29) is 11.5 Å². The van der Waals surface area contributed by atoms with Crippen molar-refractivity contribution in [3.63, 3.8) is 0 Å². The van der Waals surface area contributed by atoms with Gasteiger partial charge in [-0.25, -0.2) is 0 Å². The molecule has 0 amide bonds. The van der Waals surface area contributed by atoms with Crippen LogP contribution in [0, 0.1) is 0 Å². The molecule has 1 atom stereocenters. The highest BCUT2D eigenvalue weighted by molar-refractivity contribution is 6.01. The smallest absolute Gasteiger partial charge is 0.243 e. The number of hydrogen-bond donors (Lipinski definition) is 1. The molecule has 0 aromatic carbocycles. The Morgan fingerprint density at radius 3 is 2.60 bits per heavy atom. The number of carbonyl (C=O) groups is 1. The van der Waals surface area contributed by atoms with Crippen molar-refractivity contribution >= 4 is 5.78 Å². The Labute approximate surface area is 59.3 Å². The van der Waals surface area contributed by atoms with E-state index in [0.717, 1.165) is 6.26 Å². The minimum atomic E-state index is -0.815. The number of hydrogen-bond acceptors (Lipinski definition) is 3. The minimum absolute atomic E-state index is 0.274. The average molecular weight is 142 g/mol. The van der Waals surface area contributed by atoms with Gasteiger partial charge in [0.1, 0.15) is 6.26 Å². The largest absolute Gasteiger partial charge is 0.502 e. The third-order valence-electron chi connectivity index (χ3n) is 1.82. The summed E-state index contributed by atoms with van der Waals surface area (Å²) in [6.07, 6.45) is 1.68. The van der Waals surface area contributed by atoms with Crippen LogP contribution in [-0.2, 0) is 9.53 Å². The van der Waals surface area contributed by atoms with E-state index in [1.807, 2.05) is 6.92 Å². The standard InChI is InChI=1S/C7H10O3/c1-3-7(2)6(9)5(8)4-10-7/h4,8H,3H2,1-2H3. The van der Waals surface area contributed by atoms with Crippen molar-refractivity contribution < 1.29 is 14.6 Å². The number of Topliss-reactive ketones (excluding diaryl/α,β-unsaturated/α-hetero) is 1. The summed E-state index contributed by atoms with van der Waals surface area (Å²) in [4.78, 5) is 11.0. The summed E-state index contributed by atoms with van der Waals surface area (Å²) in [6.45, 7) is 3.50. The summed E-state index contributed by atoms with van der Waals surface area (Å²) < 4.78 is 4.95. The van der Waals surface area contributed by atoms with Gasteiger partial charge in [-0.15, -0.1) is 0 Å². The maximum atomic E-state index is 11.0. The number of aliphatic hydroxyl groups is 1. The quantitative estimate of drug-likeness (QED) is 0.597. The maximum absolute atomic E-state index is 11.0. The second-order valence-corrected chi connectivity index (χ2v) is 2.53. The van der Waals surface area contributed by atoms with Crippen molar-refractivity contribution in [2.75, 3.05) is 0 Å². The van der Waals surface area contributed by atoms with Crippen molar-refractivity contribution in [3.8, 4) is 0 Å². The molecular weight excluding hydrogens is 132 g/mol. The van der Waals surface area contributed by atoms with Gasteiger partial charge in [0.05, 0.1) is 0 Å². The molecule has 0 aliphatic carbocycles. The summed E-state index contributed by atoms with van der Waals surface area (Å²) in [7, 11) is 0. The van der Waals surface area contributed by atoms with E-state index >= 15 is 0 Å². The van der Waals surface area contributed by atoms with Crippen LogP contribution in [0.2, 0.25) is 0 Å². The van der Waals surface area contributed by atoms with Crippen LogP contribution in [0.3, 0.4) is 0 Å². The van der Waals surface area contributed by atoms with Gasteiger partial charge in [-0.3, -0.25) is 4.79 Å². The zero-order chi connectivity index (χ0) is 7.78. The maximum Gasteiger partial charge on any atom is 0.243 e. The summed E-state index contributed by atoms with van der Waals surface area (Å²) >= 11 is 0. The second-order valence-electron chi connectivity index (χ2n) is 2.53. The lowest BCUT2D eigenvalue weighted by molar-refractivity contribution is -0.130. The van der Waals surface area contributed by atoms with Crippen molar-refractivity contribution in [1.29, 1.82) is 0 Å². The van der Waals surface area contributed by atoms with Crippen molar-refractivity contribution in [3.05, 3.63) is 12.0 Å². The average Bonchev–Trinajstić information content (AvgIpc) is 2.19. The predicted molar refractivity (Wildman–Crippen MR) is 35.5 cm³/mol. The van der Waals surface area contributed by atoms with E-state index in [4.69, 9.17) is 9.84 Å². The molecule has 0 fully saturated rings. The topological polar surface area (TPSA) is 46.5 Å². The molecule has 1 heterocycles. The van der Waals surface area contributed by atoms with Crippen LogP contribution in [0.25, 0.3) is 0 Å². The van der Waals surface area contributed by atoms with Crippen LogP contribution in [0.1, 0.15) is 20.3 Å². The first-order valence-electron chi connectivity index (χ1n) is 3.22. The van der Waals surface area contributed by atoms with Crippen molar-refractivity contribution in [2.24, 2.45) is 0 Å². The lowest BCUT2D eigenvalue weighted by atomic mass is 9.98. The Balaban J connectivity index is 2.82. The molecule has 0 aromatic heterocycles. The first-order valence-corrected chi connectivity index (χ1v) is 3.22. The number of ketones is 1. The van der Waals surface area contributed by atoms with Crippen molar-refractivity contribution in [2.45, 2.75) is 25.9 Å². The molecule has 0 aromatic rings. The van der Waals surface area contributed by atoms with Gasteiger partial charge in [0.15, 0.2) is 11.4 Å². The first-order chi connectivity index (χ1) is 4.60. The molecule has 3 heteroatoms. The highest BCUT2D eigenvalue weighted by Gasteiger charge is 2.39. The van der Waals surface area contributed by atoms with E-state index in [1.54, 1.807) is 6.92 Å². The summed E-state index contributed by atoms with van der Waals surface area (Å²) in [5.74, 6) is -0.598. The molecule has 0 spiro atoms. The Bertz CT molecular complexity index is 195. The van der Waals surface area contributed by atoms with Crippen LogP contribution in [0.5, 0.6) is 0 Å². The van der Waals surface area contributed by atoms with Crippen LogP contribution in [0.15, 0.2) is 12.0 Å². The van der Waals surface area contributed by atoms with Gasteiger partial charge in [0, 0.05) is 0 Å². The zero-order valence-corrected chi connectivity index (χ0v) is 6.05. The number of carbonyl (C=O) groups excluding carboxylic acids is 1. The third kappa shape index (κ3) is 0.781. The van der Waals surface area contributed by atoms with Gasteiger partial charge in [0.2, 0.25) is 5.78 Å². The molecule has 56 valence electrons. The molecule has 1 rings (SSSR count). The van der Waals surface area contributed by atoms with Gasteiger partial charge in [-0.2, -0.15) is 0 Å².